The van der Waals surface area contributed by atoms with Crippen molar-refractivity contribution in [1.82, 2.24) is 4.98 Å². The predicted octanol–water partition coefficient (Wildman–Crippen LogP) is 1.55. The highest BCUT2D eigenvalue weighted by molar-refractivity contribution is 5.60. The summed E-state index contributed by atoms with van der Waals surface area (Å²) in [5.41, 5.74) is 5.15. The third-order valence-electron chi connectivity index (χ3n) is 2.95. The molecule has 1 aliphatic heterocycles. The molecular weight excluding hydrogens is 236 g/mol. The summed E-state index contributed by atoms with van der Waals surface area (Å²) < 4.78 is 5.40. The smallest absolute Gasteiger partial charge is 0.311 e. The quantitative estimate of drug-likeness (QED) is 0.625. The van der Waals surface area contributed by atoms with Gasteiger partial charge in [0.25, 0.3) is 0 Å². The fourth-order valence-corrected chi connectivity index (χ4v) is 2.02. The zero-order valence-corrected chi connectivity index (χ0v) is 10.2. The van der Waals surface area contributed by atoms with E-state index < -0.39 is 4.92 Å². The maximum Gasteiger partial charge on any atom is 0.311 e. The van der Waals surface area contributed by atoms with Crippen LogP contribution in [0.15, 0.2) is 12.1 Å². The van der Waals surface area contributed by atoms with Crippen LogP contribution < -0.4 is 11.1 Å². The van der Waals surface area contributed by atoms with Gasteiger partial charge in [-0.05, 0) is 25.8 Å². The number of hydrogen-bond donors (Lipinski definition) is 2. The van der Waals surface area contributed by atoms with E-state index in [0.717, 1.165) is 19.4 Å². The lowest BCUT2D eigenvalue weighted by molar-refractivity contribution is -0.384. The Labute approximate surface area is 104 Å². The van der Waals surface area contributed by atoms with Gasteiger partial charge in [0.15, 0.2) is 0 Å². The summed E-state index contributed by atoms with van der Waals surface area (Å²) in [6.07, 6.45) is 1.79. The van der Waals surface area contributed by atoms with E-state index in [2.05, 4.69) is 10.3 Å². The maximum atomic E-state index is 10.9. The maximum absolute atomic E-state index is 10.9. The molecule has 7 nitrogen and oxygen atoms in total. The van der Waals surface area contributed by atoms with Gasteiger partial charge in [0.1, 0.15) is 5.82 Å². The molecule has 2 heterocycles. The molecule has 1 atom stereocenters. The molecule has 1 aromatic heterocycles. The van der Waals surface area contributed by atoms with Gasteiger partial charge in [-0.3, -0.25) is 10.1 Å². The number of aromatic nitrogens is 1. The van der Waals surface area contributed by atoms with E-state index in [1.54, 1.807) is 0 Å². The number of nitro groups is 1. The first kappa shape index (κ1) is 12.6. The monoisotopic (exact) mass is 252 g/mol. The van der Waals surface area contributed by atoms with Crippen LogP contribution in [0, 0.1) is 10.1 Å². The number of hydrogen-bond acceptors (Lipinski definition) is 6. The highest BCUT2D eigenvalue weighted by Gasteiger charge is 2.30. The molecule has 1 aromatic rings. The molecule has 1 aliphatic rings. The fraction of sp³-hybridized carbons (Fsp3) is 0.545. The molecule has 0 aromatic carbocycles. The molecule has 2 rings (SSSR count). The standard InChI is InChI=1S/C11H16N4O3/c1-11(5-2-6-18-7-11)14-10-8(15(16)17)3-4-9(12)13-10/h3-4H,2,5-7H2,1H3,(H3,12,13,14). The van der Waals surface area contributed by atoms with Crippen molar-refractivity contribution in [1.29, 1.82) is 0 Å². The Morgan fingerprint density at radius 1 is 1.61 bits per heavy atom. The number of nitrogen functional groups attached to an aromatic ring is 1. The highest BCUT2D eigenvalue weighted by Crippen LogP contribution is 2.29. The summed E-state index contributed by atoms with van der Waals surface area (Å²) in [6.45, 7) is 3.19. The third kappa shape index (κ3) is 2.67. The topological polar surface area (TPSA) is 103 Å². The number of nitrogens with one attached hydrogen (secondary N) is 1. The molecular formula is C11H16N4O3. The number of rotatable bonds is 3. The molecule has 0 bridgehead atoms. The lowest BCUT2D eigenvalue weighted by Gasteiger charge is -2.34. The van der Waals surface area contributed by atoms with Crippen molar-refractivity contribution in [3.63, 3.8) is 0 Å². The number of nitrogens with zero attached hydrogens (tertiary/aromatic N) is 2. The Balaban J connectivity index is 2.26. The Kier molecular flexibility index (Phi) is 3.33. The van der Waals surface area contributed by atoms with Gasteiger partial charge in [-0.2, -0.15) is 0 Å². The average molecular weight is 252 g/mol. The molecule has 1 fully saturated rings. The molecule has 0 amide bonds. The molecule has 0 spiro atoms. The van der Waals surface area contributed by atoms with Gasteiger partial charge in [0.2, 0.25) is 5.82 Å². The predicted molar refractivity (Wildman–Crippen MR) is 67.4 cm³/mol. The van der Waals surface area contributed by atoms with Crippen molar-refractivity contribution in [2.45, 2.75) is 25.3 Å². The van der Waals surface area contributed by atoms with Crippen LogP contribution in [0.25, 0.3) is 0 Å². The van der Waals surface area contributed by atoms with E-state index in [0.29, 0.717) is 6.61 Å². The van der Waals surface area contributed by atoms with Crippen molar-refractivity contribution in [3.8, 4) is 0 Å². The summed E-state index contributed by atoms with van der Waals surface area (Å²) >= 11 is 0. The van der Waals surface area contributed by atoms with Crippen molar-refractivity contribution < 1.29 is 9.66 Å². The summed E-state index contributed by atoms with van der Waals surface area (Å²) in [5.74, 6) is 0.455. The van der Waals surface area contributed by atoms with E-state index >= 15 is 0 Å². The number of ether oxygens (including phenoxy) is 1. The largest absolute Gasteiger partial charge is 0.384 e. The summed E-state index contributed by atoms with van der Waals surface area (Å²) in [7, 11) is 0. The van der Waals surface area contributed by atoms with Crippen LogP contribution in [-0.4, -0.2) is 28.7 Å². The minimum Gasteiger partial charge on any atom is -0.384 e. The van der Waals surface area contributed by atoms with E-state index in [1.165, 1.54) is 12.1 Å². The van der Waals surface area contributed by atoms with Gasteiger partial charge in [-0.25, -0.2) is 4.98 Å². The molecule has 0 radical (unpaired) electrons. The lowest BCUT2D eigenvalue weighted by atomic mass is 9.95. The molecule has 7 heteroatoms. The van der Waals surface area contributed by atoms with E-state index in [-0.39, 0.29) is 22.9 Å². The van der Waals surface area contributed by atoms with E-state index in [1.807, 2.05) is 6.92 Å². The van der Waals surface area contributed by atoms with Gasteiger partial charge < -0.3 is 15.8 Å². The SMILES string of the molecule is CC1(Nc2nc(N)ccc2[N+](=O)[O-])CCCOC1. The zero-order chi connectivity index (χ0) is 13.2. The first-order chi connectivity index (χ1) is 8.50. The van der Waals surface area contributed by atoms with Gasteiger partial charge in [0, 0.05) is 12.7 Å². The van der Waals surface area contributed by atoms with Crippen molar-refractivity contribution >= 4 is 17.3 Å². The second-order valence-electron chi connectivity index (χ2n) is 4.70. The number of pyridine rings is 1. The normalized spacial score (nSPS) is 23.6. The van der Waals surface area contributed by atoms with Gasteiger partial charge >= 0.3 is 5.69 Å². The first-order valence-electron chi connectivity index (χ1n) is 5.77. The lowest BCUT2D eigenvalue weighted by Crippen LogP contribution is -2.43. The number of anilines is 2. The van der Waals surface area contributed by atoms with Crippen LogP contribution in [-0.2, 0) is 4.74 Å². The summed E-state index contributed by atoms with van der Waals surface area (Å²) in [6, 6.07) is 2.78. The van der Waals surface area contributed by atoms with Crippen molar-refractivity contribution in [2.24, 2.45) is 0 Å². The molecule has 0 aliphatic carbocycles. The van der Waals surface area contributed by atoms with Crippen LogP contribution in [0.4, 0.5) is 17.3 Å². The number of nitrogens with two attached hydrogens (primary N) is 1. The second kappa shape index (κ2) is 4.77. The van der Waals surface area contributed by atoms with Crippen LogP contribution in [0.5, 0.6) is 0 Å². The summed E-state index contributed by atoms with van der Waals surface area (Å²) in [4.78, 5) is 14.5. The molecule has 0 saturated carbocycles. The fourth-order valence-electron chi connectivity index (χ4n) is 2.02. The van der Waals surface area contributed by atoms with Crippen molar-refractivity contribution in [3.05, 3.63) is 22.2 Å². The Morgan fingerprint density at radius 2 is 2.39 bits per heavy atom. The second-order valence-corrected chi connectivity index (χ2v) is 4.70. The molecule has 18 heavy (non-hydrogen) atoms. The Morgan fingerprint density at radius 3 is 3.00 bits per heavy atom. The van der Waals surface area contributed by atoms with E-state index in [9.17, 15) is 10.1 Å². The zero-order valence-electron chi connectivity index (χ0n) is 10.2. The molecule has 98 valence electrons. The minimum atomic E-state index is -0.470. The van der Waals surface area contributed by atoms with Crippen LogP contribution >= 0.6 is 0 Å². The molecule has 1 saturated heterocycles. The summed E-state index contributed by atoms with van der Waals surface area (Å²) in [5, 5.41) is 14.0. The van der Waals surface area contributed by atoms with E-state index in [4.69, 9.17) is 10.5 Å². The van der Waals surface area contributed by atoms with Gasteiger partial charge in [-0.15, -0.1) is 0 Å². The Bertz CT molecular complexity index is 458. The van der Waals surface area contributed by atoms with Crippen LogP contribution in [0.1, 0.15) is 19.8 Å². The third-order valence-corrected chi connectivity index (χ3v) is 2.95. The first-order valence-corrected chi connectivity index (χ1v) is 5.77. The Hall–Kier alpha value is -1.89. The highest BCUT2D eigenvalue weighted by atomic mass is 16.6. The van der Waals surface area contributed by atoms with Gasteiger partial charge in [0.05, 0.1) is 17.1 Å². The molecule has 1 unspecified atom stereocenters. The van der Waals surface area contributed by atoms with Crippen LogP contribution in [0.3, 0.4) is 0 Å². The molecule has 3 N–H and O–H groups in total. The van der Waals surface area contributed by atoms with Crippen LogP contribution in [0.2, 0.25) is 0 Å². The van der Waals surface area contributed by atoms with Gasteiger partial charge in [-0.1, -0.05) is 0 Å². The van der Waals surface area contributed by atoms with Crippen molar-refractivity contribution in [2.75, 3.05) is 24.3 Å². The average Bonchev–Trinajstić information content (AvgIpc) is 2.28. The minimum absolute atomic E-state index is 0.0731.